The van der Waals surface area contributed by atoms with E-state index in [1.165, 1.54) is 0 Å². The fourth-order valence-electron chi connectivity index (χ4n) is 3.11. The van der Waals surface area contributed by atoms with Crippen molar-refractivity contribution in [2.45, 2.75) is 51.6 Å². The third-order valence-electron chi connectivity index (χ3n) is 4.50. The van der Waals surface area contributed by atoms with E-state index in [2.05, 4.69) is 28.2 Å². The Bertz CT molecular complexity index is 571. The quantitative estimate of drug-likeness (QED) is 0.762. The number of nitrogens with zero attached hydrogens (tertiary/aromatic N) is 1. The predicted octanol–water partition coefficient (Wildman–Crippen LogP) is 4.01. The first-order valence-corrected chi connectivity index (χ1v) is 9.32. The molecular formula is C18H25BrN2O3. The van der Waals surface area contributed by atoms with E-state index in [1.54, 1.807) is 0 Å². The van der Waals surface area contributed by atoms with E-state index in [4.69, 9.17) is 5.11 Å². The second-order valence-electron chi connectivity index (χ2n) is 6.35. The Labute approximate surface area is 151 Å². The van der Waals surface area contributed by atoms with Crippen molar-refractivity contribution in [2.75, 3.05) is 6.54 Å². The van der Waals surface area contributed by atoms with Gasteiger partial charge in [0.2, 0.25) is 0 Å². The molecule has 0 unspecified atom stereocenters. The van der Waals surface area contributed by atoms with E-state index >= 15 is 0 Å². The number of aliphatic carboxylic acids is 1. The van der Waals surface area contributed by atoms with Gasteiger partial charge in [-0.1, -0.05) is 41.1 Å². The van der Waals surface area contributed by atoms with Gasteiger partial charge in [0.25, 0.3) is 0 Å². The van der Waals surface area contributed by atoms with Gasteiger partial charge in [-0.3, -0.25) is 4.79 Å². The Balaban J connectivity index is 1.92. The van der Waals surface area contributed by atoms with Crippen molar-refractivity contribution in [3.05, 3.63) is 34.3 Å². The Morgan fingerprint density at radius 3 is 2.50 bits per heavy atom. The van der Waals surface area contributed by atoms with Gasteiger partial charge in [0.1, 0.15) is 0 Å². The molecule has 0 bridgehead atoms. The van der Waals surface area contributed by atoms with Crippen molar-refractivity contribution in [3.8, 4) is 0 Å². The van der Waals surface area contributed by atoms with Gasteiger partial charge in [0.15, 0.2) is 0 Å². The van der Waals surface area contributed by atoms with Crippen LogP contribution >= 0.6 is 15.9 Å². The lowest BCUT2D eigenvalue weighted by atomic mass is 9.86. The summed E-state index contributed by atoms with van der Waals surface area (Å²) >= 11 is 3.53. The lowest BCUT2D eigenvalue weighted by Gasteiger charge is -2.30. The molecule has 24 heavy (non-hydrogen) atoms. The molecular weight excluding hydrogens is 372 g/mol. The van der Waals surface area contributed by atoms with Crippen LogP contribution in [0.4, 0.5) is 4.79 Å². The van der Waals surface area contributed by atoms with Gasteiger partial charge in [0, 0.05) is 23.6 Å². The van der Waals surface area contributed by atoms with Crippen LogP contribution in [0.25, 0.3) is 0 Å². The molecule has 5 nitrogen and oxygen atoms in total. The minimum absolute atomic E-state index is 0.0635. The maximum atomic E-state index is 12.6. The molecule has 1 aromatic rings. The number of rotatable bonds is 6. The first kappa shape index (κ1) is 18.8. The molecule has 1 aliphatic carbocycles. The van der Waals surface area contributed by atoms with Gasteiger partial charge in [-0.2, -0.15) is 0 Å². The van der Waals surface area contributed by atoms with Crippen LogP contribution in [0.1, 0.15) is 44.6 Å². The third-order valence-corrected chi connectivity index (χ3v) is 5.28. The number of nitrogens with one attached hydrogen (secondary N) is 1. The van der Waals surface area contributed by atoms with Crippen molar-refractivity contribution in [1.29, 1.82) is 0 Å². The molecule has 2 amide bonds. The molecule has 0 aromatic heterocycles. The smallest absolute Gasteiger partial charge is 0.317 e. The standard InChI is InChI=1S/C18H25BrN2O3/c1-2-11-21(12-14-5-3-4-6-16(14)19)18(24)20-15-9-7-13(8-10-15)17(22)23/h3-6,13,15H,2,7-12H2,1H3,(H,20,24)(H,22,23). The molecule has 0 saturated heterocycles. The monoisotopic (exact) mass is 396 g/mol. The Morgan fingerprint density at radius 2 is 1.92 bits per heavy atom. The highest BCUT2D eigenvalue weighted by molar-refractivity contribution is 9.10. The normalized spacial score (nSPS) is 20.4. The van der Waals surface area contributed by atoms with Crippen molar-refractivity contribution in [2.24, 2.45) is 5.92 Å². The van der Waals surface area contributed by atoms with Gasteiger partial charge in [-0.15, -0.1) is 0 Å². The molecule has 1 aliphatic rings. The summed E-state index contributed by atoms with van der Waals surface area (Å²) in [6, 6.07) is 7.93. The maximum absolute atomic E-state index is 12.6. The molecule has 132 valence electrons. The van der Waals surface area contributed by atoms with E-state index in [-0.39, 0.29) is 18.0 Å². The summed E-state index contributed by atoms with van der Waals surface area (Å²) < 4.78 is 1.00. The van der Waals surface area contributed by atoms with Crippen LogP contribution in [0.3, 0.4) is 0 Å². The third kappa shape index (κ3) is 5.23. The number of halogens is 1. The maximum Gasteiger partial charge on any atom is 0.317 e. The number of urea groups is 1. The van der Waals surface area contributed by atoms with Crippen molar-refractivity contribution in [3.63, 3.8) is 0 Å². The molecule has 0 heterocycles. The summed E-state index contributed by atoms with van der Waals surface area (Å²) in [6.07, 6.45) is 3.63. The van der Waals surface area contributed by atoms with Crippen LogP contribution in [0, 0.1) is 5.92 Å². The molecule has 6 heteroatoms. The largest absolute Gasteiger partial charge is 0.481 e. The lowest BCUT2D eigenvalue weighted by molar-refractivity contribution is -0.142. The summed E-state index contributed by atoms with van der Waals surface area (Å²) in [4.78, 5) is 25.5. The van der Waals surface area contributed by atoms with Crippen LogP contribution in [0.5, 0.6) is 0 Å². The number of carboxylic acids is 1. The Kier molecular flexibility index (Phi) is 7.09. The first-order chi connectivity index (χ1) is 11.5. The fourth-order valence-corrected chi connectivity index (χ4v) is 3.52. The second-order valence-corrected chi connectivity index (χ2v) is 7.20. The number of benzene rings is 1. The number of carbonyl (C=O) groups excluding carboxylic acids is 1. The number of carboxylic acid groups (broad SMARTS) is 1. The van der Waals surface area contributed by atoms with E-state index < -0.39 is 5.97 Å². The van der Waals surface area contributed by atoms with Gasteiger partial charge < -0.3 is 15.3 Å². The second kappa shape index (κ2) is 9.06. The number of hydrogen-bond acceptors (Lipinski definition) is 2. The molecule has 0 aliphatic heterocycles. The zero-order valence-corrected chi connectivity index (χ0v) is 15.6. The first-order valence-electron chi connectivity index (χ1n) is 8.53. The lowest BCUT2D eigenvalue weighted by Crippen LogP contribution is -2.46. The summed E-state index contributed by atoms with van der Waals surface area (Å²) in [6.45, 7) is 3.31. The van der Waals surface area contributed by atoms with E-state index in [1.807, 2.05) is 29.2 Å². The Morgan fingerprint density at radius 1 is 1.25 bits per heavy atom. The van der Waals surface area contributed by atoms with Crippen LogP contribution < -0.4 is 5.32 Å². The fraction of sp³-hybridized carbons (Fsp3) is 0.556. The zero-order chi connectivity index (χ0) is 17.5. The summed E-state index contributed by atoms with van der Waals surface area (Å²) in [5.74, 6) is -0.980. The van der Waals surface area contributed by atoms with Gasteiger partial charge >= 0.3 is 12.0 Å². The number of carbonyl (C=O) groups is 2. The van der Waals surface area contributed by atoms with Gasteiger partial charge in [0.05, 0.1) is 5.92 Å². The Hall–Kier alpha value is -1.56. The van der Waals surface area contributed by atoms with Crippen LogP contribution in [0.2, 0.25) is 0 Å². The van der Waals surface area contributed by atoms with E-state index in [0.29, 0.717) is 25.9 Å². The molecule has 1 saturated carbocycles. The average Bonchev–Trinajstić information content (AvgIpc) is 2.56. The highest BCUT2D eigenvalue weighted by atomic mass is 79.9. The summed E-state index contributed by atoms with van der Waals surface area (Å²) in [7, 11) is 0. The molecule has 0 atom stereocenters. The molecule has 1 fully saturated rings. The van der Waals surface area contributed by atoms with Crippen molar-refractivity contribution >= 4 is 27.9 Å². The van der Waals surface area contributed by atoms with Crippen LogP contribution in [-0.4, -0.2) is 34.6 Å². The molecule has 1 aromatic carbocycles. The molecule has 2 N–H and O–H groups in total. The van der Waals surface area contributed by atoms with Crippen molar-refractivity contribution < 1.29 is 14.7 Å². The zero-order valence-electron chi connectivity index (χ0n) is 14.0. The molecule has 0 spiro atoms. The van der Waals surface area contributed by atoms with Crippen LogP contribution in [-0.2, 0) is 11.3 Å². The minimum Gasteiger partial charge on any atom is -0.481 e. The highest BCUT2D eigenvalue weighted by Crippen LogP contribution is 2.25. The average molecular weight is 397 g/mol. The molecule has 0 radical (unpaired) electrons. The van der Waals surface area contributed by atoms with Crippen molar-refractivity contribution in [1.82, 2.24) is 10.2 Å². The van der Waals surface area contributed by atoms with Crippen LogP contribution in [0.15, 0.2) is 28.7 Å². The van der Waals surface area contributed by atoms with Gasteiger partial charge in [-0.25, -0.2) is 4.79 Å². The molecule has 2 rings (SSSR count). The number of amides is 2. The van der Waals surface area contributed by atoms with E-state index in [0.717, 1.165) is 29.3 Å². The van der Waals surface area contributed by atoms with E-state index in [9.17, 15) is 9.59 Å². The SMILES string of the molecule is CCCN(Cc1ccccc1Br)C(=O)NC1CCC(C(=O)O)CC1. The number of hydrogen-bond donors (Lipinski definition) is 2. The highest BCUT2D eigenvalue weighted by Gasteiger charge is 2.27. The minimum atomic E-state index is -0.721. The summed E-state index contributed by atoms with van der Waals surface area (Å²) in [5, 5.41) is 12.1. The van der Waals surface area contributed by atoms with Gasteiger partial charge in [-0.05, 0) is 43.7 Å². The predicted molar refractivity (Wildman–Crippen MR) is 96.8 cm³/mol. The summed E-state index contributed by atoms with van der Waals surface area (Å²) in [5.41, 5.74) is 1.08. The topological polar surface area (TPSA) is 69.6 Å².